The number of rotatable bonds is 3. The molecule has 1 aromatic rings. The summed E-state index contributed by atoms with van der Waals surface area (Å²) in [5.74, 6) is -1.13. The molecule has 0 aliphatic heterocycles. The molecule has 0 heterocycles. The SMILES string of the molecule is O=C(OCc1ccccc1)C1=CCCC(Br)C=C1F. The second kappa shape index (κ2) is 6.66. The van der Waals surface area contributed by atoms with Crippen LogP contribution in [0, 0.1) is 0 Å². The minimum atomic E-state index is -0.612. The maximum absolute atomic E-state index is 13.8. The van der Waals surface area contributed by atoms with Gasteiger partial charge in [0.05, 0.1) is 5.57 Å². The van der Waals surface area contributed by atoms with Gasteiger partial charge < -0.3 is 4.74 Å². The molecule has 0 aromatic heterocycles. The Hall–Kier alpha value is -1.42. The van der Waals surface area contributed by atoms with Crippen LogP contribution in [0.1, 0.15) is 18.4 Å². The number of alkyl halides is 1. The van der Waals surface area contributed by atoms with Crippen LogP contribution >= 0.6 is 15.9 Å². The summed E-state index contributed by atoms with van der Waals surface area (Å²) in [6, 6.07) is 9.33. The zero-order valence-corrected chi connectivity index (χ0v) is 11.9. The van der Waals surface area contributed by atoms with Gasteiger partial charge in [-0.3, -0.25) is 0 Å². The maximum Gasteiger partial charge on any atom is 0.341 e. The van der Waals surface area contributed by atoms with Crippen LogP contribution in [-0.4, -0.2) is 10.8 Å². The van der Waals surface area contributed by atoms with Crippen molar-refractivity contribution in [1.82, 2.24) is 0 Å². The number of benzene rings is 1. The summed E-state index contributed by atoms with van der Waals surface area (Å²) in [6.07, 6.45) is 4.42. The fraction of sp³-hybridized carbons (Fsp3) is 0.267. The highest BCUT2D eigenvalue weighted by Gasteiger charge is 2.19. The molecule has 1 aliphatic carbocycles. The lowest BCUT2D eigenvalue weighted by Crippen LogP contribution is -2.08. The highest BCUT2D eigenvalue weighted by molar-refractivity contribution is 9.09. The minimum Gasteiger partial charge on any atom is -0.457 e. The summed E-state index contributed by atoms with van der Waals surface area (Å²) >= 11 is 3.33. The van der Waals surface area contributed by atoms with Gasteiger partial charge in [0.15, 0.2) is 0 Å². The first-order chi connectivity index (χ1) is 9.16. The second-order valence-electron chi connectivity index (χ2n) is 4.29. The van der Waals surface area contributed by atoms with Crippen molar-refractivity contribution in [2.75, 3.05) is 0 Å². The third kappa shape index (κ3) is 4.03. The second-order valence-corrected chi connectivity index (χ2v) is 5.46. The standard InChI is InChI=1S/C15H14BrFO2/c16-12-7-4-8-13(14(17)9-12)15(18)19-10-11-5-2-1-3-6-11/h1-3,5-6,8-9,12H,4,7,10H2. The van der Waals surface area contributed by atoms with Crippen LogP contribution in [0.2, 0.25) is 0 Å². The normalized spacial score (nSPS) is 19.2. The van der Waals surface area contributed by atoms with Crippen molar-refractivity contribution in [3.8, 4) is 0 Å². The van der Waals surface area contributed by atoms with E-state index < -0.39 is 11.8 Å². The van der Waals surface area contributed by atoms with E-state index in [1.807, 2.05) is 30.3 Å². The number of esters is 1. The Morgan fingerprint density at radius 2 is 2.11 bits per heavy atom. The number of ether oxygens (including phenoxy) is 1. The van der Waals surface area contributed by atoms with Crippen molar-refractivity contribution in [3.05, 3.63) is 59.4 Å². The quantitative estimate of drug-likeness (QED) is 0.619. The molecule has 1 aromatic carbocycles. The molecule has 0 fully saturated rings. The summed E-state index contributed by atoms with van der Waals surface area (Å²) < 4.78 is 18.9. The molecule has 2 rings (SSSR count). The van der Waals surface area contributed by atoms with Crippen molar-refractivity contribution < 1.29 is 13.9 Å². The Morgan fingerprint density at radius 3 is 2.84 bits per heavy atom. The Kier molecular flexibility index (Phi) is 4.91. The number of allylic oxidation sites excluding steroid dienone is 2. The number of hydrogen-bond acceptors (Lipinski definition) is 2. The Labute approximate surface area is 120 Å². The molecular formula is C15H14BrFO2. The fourth-order valence-corrected chi connectivity index (χ4v) is 2.29. The van der Waals surface area contributed by atoms with E-state index in [-0.39, 0.29) is 17.0 Å². The van der Waals surface area contributed by atoms with Gasteiger partial charge in [-0.1, -0.05) is 52.3 Å². The van der Waals surface area contributed by atoms with Crippen molar-refractivity contribution in [1.29, 1.82) is 0 Å². The van der Waals surface area contributed by atoms with Gasteiger partial charge in [0.1, 0.15) is 12.4 Å². The van der Waals surface area contributed by atoms with E-state index in [4.69, 9.17) is 4.74 Å². The lowest BCUT2D eigenvalue weighted by molar-refractivity contribution is -0.140. The third-order valence-corrected chi connectivity index (χ3v) is 3.53. The minimum absolute atomic E-state index is 0.0258. The van der Waals surface area contributed by atoms with E-state index in [0.717, 1.165) is 12.0 Å². The first kappa shape index (κ1) is 14.0. The largest absolute Gasteiger partial charge is 0.457 e. The van der Waals surface area contributed by atoms with Crippen LogP contribution in [-0.2, 0) is 16.1 Å². The average molecular weight is 325 g/mol. The van der Waals surface area contributed by atoms with E-state index in [1.54, 1.807) is 6.08 Å². The van der Waals surface area contributed by atoms with Crippen molar-refractivity contribution in [2.45, 2.75) is 24.3 Å². The molecule has 1 atom stereocenters. The van der Waals surface area contributed by atoms with Crippen molar-refractivity contribution in [2.24, 2.45) is 0 Å². The number of halogens is 2. The molecule has 100 valence electrons. The first-order valence-corrected chi connectivity index (χ1v) is 7.01. The molecule has 0 spiro atoms. The predicted molar refractivity (Wildman–Crippen MR) is 75.5 cm³/mol. The van der Waals surface area contributed by atoms with Gasteiger partial charge in [0.2, 0.25) is 0 Å². The summed E-state index contributed by atoms with van der Waals surface area (Å²) in [6.45, 7) is 0.155. The first-order valence-electron chi connectivity index (χ1n) is 6.10. The van der Waals surface area contributed by atoms with E-state index in [1.165, 1.54) is 6.08 Å². The zero-order chi connectivity index (χ0) is 13.7. The average Bonchev–Trinajstić information content (AvgIpc) is 2.58. The van der Waals surface area contributed by atoms with Crippen LogP contribution in [0.4, 0.5) is 4.39 Å². The van der Waals surface area contributed by atoms with Crippen molar-refractivity contribution in [3.63, 3.8) is 0 Å². The number of hydrogen-bond donors (Lipinski definition) is 0. The molecule has 0 N–H and O–H groups in total. The van der Waals surface area contributed by atoms with Gasteiger partial charge >= 0.3 is 5.97 Å². The van der Waals surface area contributed by atoms with Gasteiger partial charge in [0, 0.05) is 4.83 Å². The van der Waals surface area contributed by atoms with E-state index in [0.29, 0.717) is 6.42 Å². The lowest BCUT2D eigenvalue weighted by Gasteiger charge is -2.06. The number of carbonyl (C=O) groups is 1. The molecule has 0 amide bonds. The molecule has 4 heteroatoms. The fourth-order valence-electron chi connectivity index (χ4n) is 1.80. The van der Waals surface area contributed by atoms with Crippen LogP contribution in [0.25, 0.3) is 0 Å². The molecular weight excluding hydrogens is 311 g/mol. The Bertz CT molecular complexity index is 508. The monoisotopic (exact) mass is 324 g/mol. The van der Waals surface area contributed by atoms with E-state index >= 15 is 0 Å². The van der Waals surface area contributed by atoms with Crippen LogP contribution < -0.4 is 0 Å². The summed E-state index contributed by atoms with van der Waals surface area (Å²) in [7, 11) is 0. The van der Waals surface area contributed by atoms with Crippen LogP contribution in [0.3, 0.4) is 0 Å². The highest BCUT2D eigenvalue weighted by Crippen LogP contribution is 2.24. The van der Waals surface area contributed by atoms with Gasteiger partial charge in [-0.15, -0.1) is 0 Å². The van der Waals surface area contributed by atoms with Gasteiger partial charge in [0.25, 0.3) is 0 Å². The third-order valence-electron chi connectivity index (χ3n) is 2.81. The lowest BCUT2D eigenvalue weighted by atomic mass is 10.2. The molecule has 0 saturated heterocycles. The molecule has 2 nitrogen and oxygen atoms in total. The molecule has 19 heavy (non-hydrogen) atoms. The molecule has 0 radical (unpaired) electrons. The van der Waals surface area contributed by atoms with Gasteiger partial charge in [-0.2, -0.15) is 0 Å². The smallest absolute Gasteiger partial charge is 0.341 e. The molecule has 1 unspecified atom stereocenters. The Balaban J connectivity index is 2.00. The summed E-state index contributed by atoms with van der Waals surface area (Å²) in [4.78, 5) is 11.8. The van der Waals surface area contributed by atoms with E-state index in [9.17, 15) is 9.18 Å². The number of carbonyl (C=O) groups excluding carboxylic acids is 1. The topological polar surface area (TPSA) is 26.3 Å². The summed E-state index contributed by atoms with van der Waals surface area (Å²) in [5, 5.41) is 0. The molecule has 0 bridgehead atoms. The zero-order valence-electron chi connectivity index (χ0n) is 10.3. The van der Waals surface area contributed by atoms with Gasteiger partial charge in [-0.25, -0.2) is 9.18 Å². The van der Waals surface area contributed by atoms with Crippen molar-refractivity contribution >= 4 is 21.9 Å². The highest BCUT2D eigenvalue weighted by atomic mass is 79.9. The predicted octanol–water partition coefficient (Wildman–Crippen LogP) is 4.07. The van der Waals surface area contributed by atoms with Crippen LogP contribution in [0.15, 0.2) is 53.9 Å². The van der Waals surface area contributed by atoms with Crippen LogP contribution in [0.5, 0.6) is 0 Å². The van der Waals surface area contributed by atoms with Gasteiger partial charge in [-0.05, 0) is 24.5 Å². The van der Waals surface area contributed by atoms with E-state index in [2.05, 4.69) is 15.9 Å². The summed E-state index contributed by atoms with van der Waals surface area (Å²) in [5.41, 5.74) is 0.908. The Morgan fingerprint density at radius 1 is 1.37 bits per heavy atom. The molecule has 1 aliphatic rings. The maximum atomic E-state index is 13.8. The molecule has 0 saturated carbocycles.